The summed E-state index contributed by atoms with van der Waals surface area (Å²) in [6.07, 6.45) is 2.43. The van der Waals surface area contributed by atoms with Gasteiger partial charge in [-0.3, -0.25) is 24.7 Å². The highest BCUT2D eigenvalue weighted by molar-refractivity contribution is 5.94. The van der Waals surface area contributed by atoms with Gasteiger partial charge in [0.15, 0.2) is 0 Å². The fourth-order valence-corrected chi connectivity index (χ4v) is 3.00. The number of hydrogen-bond donors (Lipinski definition) is 3. The monoisotopic (exact) mass is 366 g/mol. The Balaban J connectivity index is 1.59. The van der Waals surface area contributed by atoms with Gasteiger partial charge in [-0.15, -0.1) is 0 Å². The minimum absolute atomic E-state index is 0.000829. The van der Waals surface area contributed by atoms with E-state index in [4.69, 9.17) is 0 Å². The third-order valence-corrected chi connectivity index (χ3v) is 4.39. The zero-order valence-corrected chi connectivity index (χ0v) is 14.9. The molecule has 0 bridgehead atoms. The van der Waals surface area contributed by atoms with E-state index >= 15 is 0 Å². The van der Waals surface area contributed by atoms with Crippen molar-refractivity contribution in [2.24, 2.45) is 0 Å². The van der Waals surface area contributed by atoms with Crippen LogP contribution in [0.5, 0.6) is 0 Å². The van der Waals surface area contributed by atoms with Crippen LogP contribution in [0, 0.1) is 0 Å². The van der Waals surface area contributed by atoms with Gasteiger partial charge in [0.2, 0.25) is 11.8 Å². The Morgan fingerprint density at radius 2 is 1.93 bits per heavy atom. The Morgan fingerprint density at radius 3 is 2.59 bits per heavy atom. The van der Waals surface area contributed by atoms with Crippen LogP contribution in [0.25, 0.3) is 0 Å². The molecule has 2 atom stereocenters. The first kappa shape index (κ1) is 18.7. The van der Waals surface area contributed by atoms with Gasteiger partial charge in [-0.25, -0.2) is 0 Å². The van der Waals surface area contributed by atoms with Crippen LogP contribution in [0.4, 0.5) is 0 Å². The summed E-state index contributed by atoms with van der Waals surface area (Å²) in [5.41, 5.74) is 1.83. The van der Waals surface area contributed by atoms with Gasteiger partial charge in [0.05, 0.1) is 25.2 Å². The zero-order valence-electron chi connectivity index (χ0n) is 14.9. The van der Waals surface area contributed by atoms with E-state index < -0.39 is 6.04 Å². The second-order valence-electron chi connectivity index (χ2n) is 6.45. The number of ketones is 1. The van der Waals surface area contributed by atoms with Crippen LogP contribution in [-0.4, -0.2) is 41.7 Å². The number of aromatic nitrogens is 1. The predicted molar refractivity (Wildman–Crippen MR) is 99.7 cm³/mol. The second kappa shape index (κ2) is 9.05. The van der Waals surface area contributed by atoms with Crippen LogP contribution in [0.2, 0.25) is 0 Å². The molecule has 1 saturated heterocycles. The third-order valence-electron chi connectivity index (χ3n) is 4.39. The van der Waals surface area contributed by atoms with Gasteiger partial charge in [0.1, 0.15) is 5.78 Å². The molecule has 7 heteroatoms. The Hall–Kier alpha value is -3.06. The number of amides is 2. The van der Waals surface area contributed by atoms with Crippen molar-refractivity contribution in [1.29, 1.82) is 0 Å². The smallest absolute Gasteiger partial charge is 0.239 e. The van der Waals surface area contributed by atoms with Crippen molar-refractivity contribution in [2.75, 3.05) is 13.1 Å². The van der Waals surface area contributed by atoms with E-state index in [2.05, 4.69) is 20.9 Å². The summed E-state index contributed by atoms with van der Waals surface area (Å²) in [6.45, 7) is 0.0567. The number of nitrogens with one attached hydrogen (secondary N) is 3. The van der Waals surface area contributed by atoms with Gasteiger partial charge in [-0.2, -0.15) is 0 Å². The topological polar surface area (TPSA) is 100 Å². The zero-order chi connectivity index (χ0) is 19.1. The van der Waals surface area contributed by atoms with E-state index in [0.717, 1.165) is 11.3 Å². The van der Waals surface area contributed by atoms with Crippen molar-refractivity contribution < 1.29 is 14.4 Å². The molecule has 140 valence electrons. The summed E-state index contributed by atoms with van der Waals surface area (Å²) < 4.78 is 0. The molecular formula is C20H22N4O3. The molecule has 2 amide bonds. The third kappa shape index (κ3) is 5.46. The van der Waals surface area contributed by atoms with Crippen LogP contribution in [-0.2, 0) is 20.8 Å². The average molecular weight is 366 g/mol. The van der Waals surface area contributed by atoms with E-state index in [1.807, 2.05) is 48.5 Å². The molecule has 1 aromatic heterocycles. The molecular weight excluding hydrogens is 344 g/mol. The van der Waals surface area contributed by atoms with E-state index in [1.165, 1.54) is 0 Å². The van der Waals surface area contributed by atoms with Crippen LogP contribution >= 0.6 is 0 Å². The molecule has 1 aliphatic heterocycles. The van der Waals surface area contributed by atoms with Crippen LogP contribution < -0.4 is 16.0 Å². The molecule has 2 unspecified atom stereocenters. The van der Waals surface area contributed by atoms with E-state index in [-0.39, 0.29) is 43.1 Å². The standard InChI is InChI=1S/C20H22N4O3/c25-16-11-18(22-12-16)20(27)23-13-19(26)24-17(14-6-2-1-3-7-14)10-15-8-4-5-9-21-15/h1-9,17-18,22H,10-13H2,(H,23,27)(H,24,26). The lowest BCUT2D eigenvalue weighted by Gasteiger charge is -2.19. The molecule has 1 fully saturated rings. The number of carbonyl (C=O) groups excluding carboxylic acids is 3. The summed E-state index contributed by atoms with van der Waals surface area (Å²) in [5.74, 6) is -0.631. The maximum Gasteiger partial charge on any atom is 0.239 e. The second-order valence-corrected chi connectivity index (χ2v) is 6.45. The minimum atomic E-state index is -0.552. The molecule has 1 aromatic carbocycles. The molecule has 0 spiro atoms. The lowest BCUT2D eigenvalue weighted by atomic mass is 10.0. The van der Waals surface area contributed by atoms with Crippen molar-refractivity contribution in [1.82, 2.24) is 20.9 Å². The van der Waals surface area contributed by atoms with Crippen LogP contribution in [0.1, 0.15) is 23.7 Å². The normalized spacial score (nSPS) is 17.3. The summed E-state index contributed by atoms with van der Waals surface area (Å²) >= 11 is 0. The Bertz CT molecular complexity index is 795. The van der Waals surface area contributed by atoms with E-state index in [1.54, 1.807) is 6.20 Å². The van der Waals surface area contributed by atoms with Gasteiger partial charge < -0.3 is 10.6 Å². The number of carbonyl (C=O) groups is 3. The van der Waals surface area contributed by atoms with Gasteiger partial charge in [0, 0.05) is 24.7 Å². The molecule has 3 rings (SSSR count). The number of Topliss-reactive ketones (excluding diaryl/α,β-unsaturated/α-hetero) is 1. The largest absolute Gasteiger partial charge is 0.347 e. The number of pyridine rings is 1. The average Bonchev–Trinajstić information content (AvgIpc) is 3.13. The summed E-state index contributed by atoms with van der Waals surface area (Å²) in [7, 11) is 0. The highest BCUT2D eigenvalue weighted by Gasteiger charge is 2.27. The summed E-state index contributed by atoms with van der Waals surface area (Å²) in [4.78, 5) is 40.0. The molecule has 27 heavy (non-hydrogen) atoms. The van der Waals surface area contributed by atoms with E-state index in [9.17, 15) is 14.4 Å². The van der Waals surface area contributed by atoms with Crippen LogP contribution in [0.3, 0.4) is 0 Å². The van der Waals surface area contributed by atoms with Gasteiger partial charge >= 0.3 is 0 Å². The number of hydrogen-bond acceptors (Lipinski definition) is 5. The minimum Gasteiger partial charge on any atom is -0.347 e. The highest BCUT2D eigenvalue weighted by atomic mass is 16.2. The summed E-state index contributed by atoms with van der Waals surface area (Å²) in [6, 6.07) is 14.5. The molecule has 0 aliphatic carbocycles. The first-order chi connectivity index (χ1) is 13.1. The van der Waals surface area contributed by atoms with Crippen molar-refractivity contribution in [3.63, 3.8) is 0 Å². The van der Waals surface area contributed by atoms with Crippen molar-refractivity contribution in [3.05, 3.63) is 66.0 Å². The fourth-order valence-electron chi connectivity index (χ4n) is 3.00. The number of nitrogens with zero attached hydrogens (tertiary/aromatic N) is 1. The lowest BCUT2D eigenvalue weighted by Crippen LogP contribution is -2.45. The highest BCUT2D eigenvalue weighted by Crippen LogP contribution is 2.17. The molecule has 2 aromatic rings. The van der Waals surface area contributed by atoms with Gasteiger partial charge in [-0.1, -0.05) is 36.4 Å². The molecule has 1 aliphatic rings. The van der Waals surface area contributed by atoms with E-state index in [0.29, 0.717) is 6.42 Å². The lowest BCUT2D eigenvalue weighted by molar-refractivity contribution is -0.127. The number of benzene rings is 1. The molecule has 3 N–H and O–H groups in total. The maximum absolute atomic E-state index is 12.4. The van der Waals surface area contributed by atoms with Gasteiger partial charge in [0.25, 0.3) is 0 Å². The molecule has 2 heterocycles. The number of rotatable bonds is 7. The van der Waals surface area contributed by atoms with Gasteiger partial charge in [-0.05, 0) is 17.7 Å². The Morgan fingerprint density at radius 1 is 1.15 bits per heavy atom. The SMILES string of the molecule is O=C1CNC(C(=O)NCC(=O)NC(Cc2ccccn2)c2ccccc2)C1. The molecule has 0 saturated carbocycles. The quantitative estimate of drug-likeness (QED) is 0.664. The van der Waals surface area contributed by atoms with Crippen LogP contribution in [0.15, 0.2) is 54.7 Å². The summed E-state index contributed by atoms with van der Waals surface area (Å²) in [5, 5.41) is 8.37. The predicted octanol–water partition coefficient (Wildman–Crippen LogP) is 0.529. The maximum atomic E-state index is 12.4. The van der Waals surface area contributed by atoms with Crippen molar-refractivity contribution >= 4 is 17.6 Å². The molecule has 7 nitrogen and oxygen atoms in total. The van der Waals surface area contributed by atoms with Crippen molar-refractivity contribution in [2.45, 2.75) is 24.9 Å². The molecule has 0 radical (unpaired) electrons. The fraction of sp³-hybridized carbons (Fsp3) is 0.300. The Kier molecular flexibility index (Phi) is 6.27. The van der Waals surface area contributed by atoms with Crippen molar-refractivity contribution in [3.8, 4) is 0 Å². The first-order valence-electron chi connectivity index (χ1n) is 8.89. The first-order valence-corrected chi connectivity index (χ1v) is 8.89. The Labute approximate surface area is 157 Å².